The molecule has 0 spiro atoms. The molecule has 0 saturated carbocycles. The maximum atomic E-state index is 2.36. The monoisotopic (exact) mass is 237 g/mol. The standard InChI is InChI=1S/C17H19N/c1-3-18(2)12-15-9-6-8-14-11-13-7-4-5-10-16(13)17(14)15/h4-10H,3,11-12H2,1-2H3. The van der Waals surface area contributed by atoms with Gasteiger partial charge in [-0.15, -0.1) is 0 Å². The number of fused-ring (bicyclic) bond motifs is 3. The van der Waals surface area contributed by atoms with E-state index in [1.807, 2.05) is 0 Å². The van der Waals surface area contributed by atoms with Crippen LogP contribution in [-0.4, -0.2) is 18.5 Å². The summed E-state index contributed by atoms with van der Waals surface area (Å²) in [6, 6.07) is 15.5. The highest BCUT2D eigenvalue weighted by molar-refractivity contribution is 5.79. The number of hydrogen-bond donors (Lipinski definition) is 0. The molecule has 0 fully saturated rings. The molecule has 0 unspecified atom stereocenters. The molecule has 1 heteroatoms. The molecule has 0 aliphatic heterocycles. The van der Waals surface area contributed by atoms with Gasteiger partial charge in [0.15, 0.2) is 0 Å². The van der Waals surface area contributed by atoms with Crippen molar-refractivity contribution in [2.24, 2.45) is 0 Å². The van der Waals surface area contributed by atoms with E-state index in [-0.39, 0.29) is 0 Å². The Morgan fingerprint density at radius 3 is 2.61 bits per heavy atom. The first-order chi connectivity index (χ1) is 8.79. The summed E-state index contributed by atoms with van der Waals surface area (Å²) in [5.41, 5.74) is 7.33. The fourth-order valence-corrected chi connectivity index (χ4v) is 2.80. The van der Waals surface area contributed by atoms with E-state index >= 15 is 0 Å². The molecule has 0 amide bonds. The SMILES string of the molecule is CCN(C)Cc1cccc2c1-c1ccccc1C2. The Kier molecular flexibility index (Phi) is 2.92. The summed E-state index contributed by atoms with van der Waals surface area (Å²) in [6.45, 7) is 4.33. The Morgan fingerprint density at radius 1 is 1.00 bits per heavy atom. The average Bonchev–Trinajstić information content (AvgIpc) is 2.78. The normalized spacial score (nSPS) is 12.6. The number of benzene rings is 2. The Morgan fingerprint density at radius 2 is 1.78 bits per heavy atom. The van der Waals surface area contributed by atoms with Crippen molar-refractivity contribution in [2.75, 3.05) is 13.6 Å². The third kappa shape index (κ3) is 1.85. The first-order valence-corrected chi connectivity index (χ1v) is 6.67. The lowest BCUT2D eigenvalue weighted by molar-refractivity contribution is 0.346. The molecule has 2 aromatic carbocycles. The van der Waals surface area contributed by atoms with Crippen molar-refractivity contribution >= 4 is 0 Å². The Balaban J connectivity index is 2.08. The van der Waals surface area contributed by atoms with Crippen LogP contribution in [0.4, 0.5) is 0 Å². The van der Waals surface area contributed by atoms with Gasteiger partial charge in [0.2, 0.25) is 0 Å². The van der Waals surface area contributed by atoms with Crippen molar-refractivity contribution in [1.29, 1.82) is 0 Å². The summed E-state index contributed by atoms with van der Waals surface area (Å²) in [7, 11) is 2.18. The van der Waals surface area contributed by atoms with Crippen LogP contribution >= 0.6 is 0 Å². The molecule has 92 valence electrons. The highest BCUT2D eigenvalue weighted by Crippen LogP contribution is 2.38. The van der Waals surface area contributed by atoms with E-state index in [4.69, 9.17) is 0 Å². The molecule has 1 aliphatic rings. The molecule has 1 nitrogen and oxygen atoms in total. The summed E-state index contributed by atoms with van der Waals surface area (Å²) in [4.78, 5) is 2.36. The largest absolute Gasteiger partial charge is 0.302 e. The maximum absolute atomic E-state index is 2.36. The van der Waals surface area contributed by atoms with Crippen molar-refractivity contribution in [3.63, 3.8) is 0 Å². The molecule has 2 aromatic rings. The van der Waals surface area contributed by atoms with Gasteiger partial charge < -0.3 is 4.90 Å². The molecule has 18 heavy (non-hydrogen) atoms. The topological polar surface area (TPSA) is 3.24 Å². The zero-order chi connectivity index (χ0) is 12.5. The van der Waals surface area contributed by atoms with E-state index in [9.17, 15) is 0 Å². The molecule has 3 rings (SSSR count). The van der Waals surface area contributed by atoms with Crippen LogP contribution in [0.25, 0.3) is 11.1 Å². The van der Waals surface area contributed by atoms with E-state index < -0.39 is 0 Å². The van der Waals surface area contributed by atoms with Gasteiger partial charge in [0.1, 0.15) is 0 Å². The molecule has 0 aromatic heterocycles. The Bertz CT molecular complexity index is 572. The number of hydrogen-bond acceptors (Lipinski definition) is 1. The van der Waals surface area contributed by atoms with Gasteiger partial charge >= 0.3 is 0 Å². The quantitative estimate of drug-likeness (QED) is 0.671. The van der Waals surface area contributed by atoms with Crippen molar-refractivity contribution in [1.82, 2.24) is 4.90 Å². The van der Waals surface area contributed by atoms with E-state index in [0.717, 1.165) is 19.5 Å². The molecule has 0 saturated heterocycles. The molecular weight excluding hydrogens is 218 g/mol. The van der Waals surface area contributed by atoms with Gasteiger partial charge in [-0.2, -0.15) is 0 Å². The van der Waals surface area contributed by atoms with E-state index in [1.54, 1.807) is 0 Å². The molecule has 0 radical (unpaired) electrons. The second kappa shape index (κ2) is 4.58. The van der Waals surface area contributed by atoms with Crippen LogP contribution < -0.4 is 0 Å². The van der Waals surface area contributed by atoms with Gasteiger partial charge in [-0.1, -0.05) is 49.4 Å². The summed E-state index contributed by atoms with van der Waals surface area (Å²) < 4.78 is 0. The molecule has 0 N–H and O–H groups in total. The van der Waals surface area contributed by atoms with Crippen LogP contribution in [0.1, 0.15) is 23.6 Å². The Labute approximate surface area is 109 Å². The van der Waals surface area contributed by atoms with Crippen molar-refractivity contribution in [3.8, 4) is 11.1 Å². The second-order valence-corrected chi connectivity index (χ2v) is 5.12. The smallest absolute Gasteiger partial charge is 0.0236 e. The van der Waals surface area contributed by atoms with E-state index in [1.165, 1.54) is 27.8 Å². The summed E-state index contributed by atoms with van der Waals surface area (Å²) in [5.74, 6) is 0. The van der Waals surface area contributed by atoms with Crippen LogP contribution in [0, 0.1) is 0 Å². The summed E-state index contributed by atoms with van der Waals surface area (Å²) in [5, 5.41) is 0. The van der Waals surface area contributed by atoms with Crippen LogP contribution in [0.3, 0.4) is 0 Å². The van der Waals surface area contributed by atoms with Crippen LogP contribution in [0.2, 0.25) is 0 Å². The minimum Gasteiger partial charge on any atom is -0.302 e. The van der Waals surface area contributed by atoms with Crippen molar-refractivity contribution in [3.05, 3.63) is 59.2 Å². The van der Waals surface area contributed by atoms with Gasteiger partial charge in [0.05, 0.1) is 0 Å². The van der Waals surface area contributed by atoms with E-state index in [2.05, 4.69) is 61.3 Å². The highest BCUT2D eigenvalue weighted by atomic mass is 15.1. The third-order valence-electron chi connectivity index (χ3n) is 3.88. The lowest BCUT2D eigenvalue weighted by Crippen LogP contribution is -2.17. The molecule has 0 bridgehead atoms. The zero-order valence-corrected chi connectivity index (χ0v) is 11.1. The predicted octanol–water partition coefficient (Wildman–Crippen LogP) is 3.71. The fraction of sp³-hybridized carbons (Fsp3) is 0.294. The maximum Gasteiger partial charge on any atom is 0.0236 e. The molecule has 0 heterocycles. The van der Waals surface area contributed by atoms with Gasteiger partial charge in [-0.25, -0.2) is 0 Å². The minimum absolute atomic E-state index is 1.04. The van der Waals surface area contributed by atoms with E-state index in [0.29, 0.717) is 0 Å². The zero-order valence-electron chi connectivity index (χ0n) is 11.1. The van der Waals surface area contributed by atoms with Gasteiger partial charge in [-0.05, 0) is 47.8 Å². The average molecular weight is 237 g/mol. The number of nitrogens with zero attached hydrogens (tertiary/aromatic N) is 1. The minimum atomic E-state index is 1.04. The lowest BCUT2D eigenvalue weighted by atomic mass is 9.99. The predicted molar refractivity (Wildman–Crippen MR) is 76.7 cm³/mol. The van der Waals surface area contributed by atoms with Crippen molar-refractivity contribution < 1.29 is 0 Å². The van der Waals surface area contributed by atoms with Crippen LogP contribution in [0.15, 0.2) is 42.5 Å². The highest BCUT2D eigenvalue weighted by Gasteiger charge is 2.20. The first-order valence-electron chi connectivity index (χ1n) is 6.67. The number of rotatable bonds is 3. The third-order valence-corrected chi connectivity index (χ3v) is 3.88. The van der Waals surface area contributed by atoms with Gasteiger partial charge in [0.25, 0.3) is 0 Å². The molecular formula is C17H19N. The second-order valence-electron chi connectivity index (χ2n) is 5.12. The first kappa shape index (κ1) is 11.5. The molecule has 1 aliphatic carbocycles. The van der Waals surface area contributed by atoms with Crippen LogP contribution in [-0.2, 0) is 13.0 Å². The van der Waals surface area contributed by atoms with Gasteiger partial charge in [-0.3, -0.25) is 0 Å². The van der Waals surface area contributed by atoms with Gasteiger partial charge in [0, 0.05) is 6.54 Å². The van der Waals surface area contributed by atoms with Crippen LogP contribution in [0.5, 0.6) is 0 Å². The summed E-state index contributed by atoms with van der Waals surface area (Å²) in [6.07, 6.45) is 1.09. The van der Waals surface area contributed by atoms with Crippen molar-refractivity contribution in [2.45, 2.75) is 19.9 Å². The molecule has 0 atom stereocenters. The summed E-state index contributed by atoms with van der Waals surface area (Å²) >= 11 is 0. The fourth-order valence-electron chi connectivity index (χ4n) is 2.80. The Hall–Kier alpha value is -1.60. The lowest BCUT2D eigenvalue weighted by Gasteiger charge is -2.17.